The first-order valence-corrected chi connectivity index (χ1v) is 24.3. The number of carbonyl (C=O) groups is 2. The summed E-state index contributed by atoms with van der Waals surface area (Å²) in [5.74, 6) is -0.459. The molecule has 3 N–H and O–H groups in total. The Kier molecular flexibility index (Phi) is 42.1. The molecule has 322 valence electrons. The molecule has 0 saturated carbocycles. The van der Waals surface area contributed by atoms with Crippen molar-refractivity contribution in [2.45, 2.75) is 289 Å². The van der Waals surface area contributed by atoms with Gasteiger partial charge < -0.3 is 20.3 Å². The molecule has 0 aromatic heterocycles. The zero-order valence-electron chi connectivity index (χ0n) is 36.6. The summed E-state index contributed by atoms with van der Waals surface area (Å²) < 4.78 is 5.90. The summed E-state index contributed by atoms with van der Waals surface area (Å²) in [7, 11) is 0. The Labute approximate surface area is 336 Å². The number of amides is 1. The largest absolute Gasteiger partial charge is 0.462 e. The molecule has 0 fully saturated rings. The van der Waals surface area contributed by atoms with E-state index in [2.05, 4.69) is 26.1 Å². The minimum Gasteiger partial charge on any atom is -0.462 e. The topological polar surface area (TPSA) is 95.9 Å². The molecule has 0 radical (unpaired) electrons. The summed E-state index contributed by atoms with van der Waals surface area (Å²) in [4.78, 5) is 25.9. The van der Waals surface area contributed by atoms with Gasteiger partial charge in [0.2, 0.25) is 5.91 Å². The first kappa shape index (κ1) is 52.9. The van der Waals surface area contributed by atoms with Crippen molar-refractivity contribution in [2.24, 2.45) is 0 Å². The van der Waals surface area contributed by atoms with Gasteiger partial charge >= 0.3 is 5.97 Å². The molecule has 0 aromatic rings. The maximum absolute atomic E-state index is 13.1. The number of aliphatic hydroxyl groups is 2. The average Bonchev–Trinajstić information content (AvgIpc) is 3.16. The van der Waals surface area contributed by atoms with Crippen LogP contribution in [0.5, 0.6) is 0 Å². The van der Waals surface area contributed by atoms with E-state index < -0.39 is 18.2 Å². The molecule has 0 aromatic carbocycles. The van der Waals surface area contributed by atoms with Crippen LogP contribution in [0.2, 0.25) is 0 Å². The number of unbranched alkanes of at least 4 members (excludes halogenated alkanes) is 32. The lowest BCUT2D eigenvalue weighted by molar-refractivity contribution is -0.151. The van der Waals surface area contributed by atoms with Gasteiger partial charge in [-0.15, -0.1) is 0 Å². The highest BCUT2D eigenvalue weighted by atomic mass is 16.5. The summed E-state index contributed by atoms with van der Waals surface area (Å²) in [5.41, 5.74) is 0. The molecular formula is C48H95NO5. The van der Waals surface area contributed by atoms with Crippen molar-refractivity contribution < 1.29 is 24.5 Å². The molecule has 0 bridgehead atoms. The first-order chi connectivity index (χ1) is 26.5. The fraction of sp³-hybridized carbons (Fsp3) is 0.958. The van der Waals surface area contributed by atoms with Crippen molar-refractivity contribution in [3.63, 3.8) is 0 Å². The normalized spacial score (nSPS) is 13.2. The van der Waals surface area contributed by atoms with E-state index in [4.69, 9.17) is 4.74 Å². The van der Waals surface area contributed by atoms with E-state index in [-0.39, 0.29) is 24.9 Å². The van der Waals surface area contributed by atoms with Gasteiger partial charge in [0.25, 0.3) is 0 Å². The Morgan fingerprint density at radius 2 is 0.778 bits per heavy atom. The van der Waals surface area contributed by atoms with E-state index in [9.17, 15) is 19.8 Å². The Bertz CT molecular complexity index is 776. The second kappa shape index (κ2) is 43.0. The lowest BCUT2D eigenvalue weighted by atomic mass is 10.0. The van der Waals surface area contributed by atoms with Gasteiger partial charge in [0.1, 0.15) is 6.10 Å². The summed E-state index contributed by atoms with van der Waals surface area (Å²) in [6, 6.07) is -0.689. The Morgan fingerprint density at radius 1 is 0.463 bits per heavy atom. The molecule has 0 heterocycles. The molecule has 0 aliphatic rings. The highest BCUT2D eigenvalue weighted by Crippen LogP contribution is 2.18. The van der Waals surface area contributed by atoms with Gasteiger partial charge in [-0.05, 0) is 25.7 Å². The van der Waals surface area contributed by atoms with E-state index in [1.165, 1.54) is 186 Å². The van der Waals surface area contributed by atoms with E-state index >= 15 is 0 Å². The maximum atomic E-state index is 13.1. The van der Waals surface area contributed by atoms with E-state index in [0.717, 1.165) is 38.5 Å². The summed E-state index contributed by atoms with van der Waals surface area (Å²) in [5, 5.41) is 23.6. The number of aliphatic hydroxyl groups excluding tert-OH is 2. The van der Waals surface area contributed by atoms with Crippen LogP contribution in [-0.4, -0.2) is 46.9 Å². The zero-order valence-corrected chi connectivity index (χ0v) is 36.6. The van der Waals surface area contributed by atoms with E-state index in [1.807, 2.05) is 0 Å². The Morgan fingerprint density at radius 3 is 1.13 bits per heavy atom. The third-order valence-electron chi connectivity index (χ3n) is 11.4. The zero-order chi connectivity index (χ0) is 39.6. The number of ether oxygens (including phenoxy) is 1. The molecule has 0 rings (SSSR count). The van der Waals surface area contributed by atoms with Gasteiger partial charge in [0.05, 0.1) is 25.2 Å². The van der Waals surface area contributed by atoms with Crippen molar-refractivity contribution in [1.29, 1.82) is 0 Å². The van der Waals surface area contributed by atoms with Gasteiger partial charge in [-0.3, -0.25) is 9.59 Å². The molecule has 6 nitrogen and oxygen atoms in total. The third kappa shape index (κ3) is 37.8. The van der Waals surface area contributed by atoms with Crippen LogP contribution < -0.4 is 5.32 Å². The van der Waals surface area contributed by atoms with Gasteiger partial charge in [0.15, 0.2) is 0 Å². The molecule has 1 amide bonds. The molecule has 3 atom stereocenters. The minimum absolute atomic E-state index is 0.0861. The van der Waals surface area contributed by atoms with Crippen LogP contribution in [0.15, 0.2) is 0 Å². The maximum Gasteiger partial charge on any atom is 0.306 e. The first-order valence-electron chi connectivity index (χ1n) is 24.3. The molecule has 0 saturated heterocycles. The fourth-order valence-corrected chi connectivity index (χ4v) is 7.73. The predicted octanol–water partition coefficient (Wildman–Crippen LogP) is 14.0. The van der Waals surface area contributed by atoms with Gasteiger partial charge in [0, 0.05) is 6.42 Å². The van der Waals surface area contributed by atoms with Crippen molar-refractivity contribution in [2.75, 3.05) is 6.61 Å². The van der Waals surface area contributed by atoms with Crippen LogP contribution in [0.4, 0.5) is 0 Å². The molecular weight excluding hydrogens is 671 g/mol. The third-order valence-corrected chi connectivity index (χ3v) is 11.4. The Balaban J connectivity index is 4.37. The molecule has 0 spiro atoms. The standard InChI is InChI=1S/C48H95NO5/c1-4-7-10-13-16-19-21-22-23-24-25-26-27-29-32-35-38-41-48(53)54-44(39-36-33-30-18-15-12-9-6-3)42-47(52)49-45(43-50)46(51)40-37-34-31-28-20-17-14-11-8-5-2/h44-46,50-51H,4-43H2,1-3H3,(H,49,52). The number of hydrogen-bond donors (Lipinski definition) is 3. The number of rotatable bonds is 44. The van der Waals surface area contributed by atoms with Crippen molar-refractivity contribution in [3.8, 4) is 0 Å². The van der Waals surface area contributed by atoms with Crippen LogP contribution in [-0.2, 0) is 14.3 Å². The average molecular weight is 766 g/mol. The van der Waals surface area contributed by atoms with Crippen LogP contribution in [0.3, 0.4) is 0 Å². The quantitative estimate of drug-likeness (QED) is 0.0424. The summed E-state index contributed by atoms with van der Waals surface area (Å²) in [6.45, 7) is 6.47. The number of nitrogens with one attached hydrogen (secondary N) is 1. The highest BCUT2D eigenvalue weighted by Gasteiger charge is 2.24. The predicted molar refractivity (Wildman–Crippen MR) is 232 cm³/mol. The lowest BCUT2D eigenvalue weighted by Gasteiger charge is -2.24. The lowest BCUT2D eigenvalue weighted by Crippen LogP contribution is -2.46. The van der Waals surface area contributed by atoms with Crippen LogP contribution in [0.1, 0.15) is 271 Å². The SMILES string of the molecule is CCCCCCCCCCCCCCCCCCCC(=O)OC(CCCCCCCCCC)CC(=O)NC(CO)C(O)CCCCCCCCCCCC. The second-order valence-corrected chi connectivity index (χ2v) is 16.9. The number of carbonyl (C=O) groups excluding carboxylic acids is 2. The van der Waals surface area contributed by atoms with E-state index in [0.29, 0.717) is 19.3 Å². The van der Waals surface area contributed by atoms with Gasteiger partial charge in [-0.1, -0.05) is 233 Å². The molecule has 54 heavy (non-hydrogen) atoms. The summed E-state index contributed by atoms with van der Waals surface area (Å²) >= 11 is 0. The van der Waals surface area contributed by atoms with Crippen molar-refractivity contribution in [1.82, 2.24) is 5.32 Å². The van der Waals surface area contributed by atoms with Gasteiger partial charge in [-0.25, -0.2) is 0 Å². The number of esters is 1. The van der Waals surface area contributed by atoms with Crippen molar-refractivity contribution >= 4 is 11.9 Å². The van der Waals surface area contributed by atoms with Crippen LogP contribution >= 0.6 is 0 Å². The number of hydrogen-bond acceptors (Lipinski definition) is 5. The van der Waals surface area contributed by atoms with Crippen LogP contribution in [0, 0.1) is 0 Å². The second-order valence-electron chi connectivity index (χ2n) is 16.9. The molecule has 3 unspecified atom stereocenters. The Hall–Kier alpha value is -1.14. The molecule has 0 aliphatic heterocycles. The minimum atomic E-state index is -0.776. The molecule has 0 aliphatic carbocycles. The molecule has 6 heteroatoms. The monoisotopic (exact) mass is 766 g/mol. The van der Waals surface area contributed by atoms with Gasteiger partial charge in [-0.2, -0.15) is 0 Å². The highest BCUT2D eigenvalue weighted by molar-refractivity contribution is 5.77. The summed E-state index contributed by atoms with van der Waals surface area (Å²) in [6.07, 6.45) is 44.6. The fourth-order valence-electron chi connectivity index (χ4n) is 7.73. The van der Waals surface area contributed by atoms with Crippen LogP contribution in [0.25, 0.3) is 0 Å². The van der Waals surface area contributed by atoms with E-state index in [1.54, 1.807) is 0 Å². The van der Waals surface area contributed by atoms with Crippen molar-refractivity contribution in [3.05, 3.63) is 0 Å². The smallest absolute Gasteiger partial charge is 0.306 e.